The molecule has 0 aliphatic rings. The number of carboxylic acids is 2. The fraction of sp³-hybridized carbons (Fsp3) is 0.818. The van der Waals surface area contributed by atoms with Crippen LogP contribution in [0.15, 0.2) is 11.6 Å². The Bertz CT molecular complexity index is 424. The molecule has 0 aromatic carbocycles. The monoisotopic (exact) mass is 368 g/mol. The number of hydrogen-bond donors (Lipinski definition) is 2. The Labute approximate surface area is 160 Å². The van der Waals surface area contributed by atoms with Gasteiger partial charge in [-0.3, -0.25) is 4.79 Å². The summed E-state index contributed by atoms with van der Waals surface area (Å²) in [5.74, 6) is -1.53. The summed E-state index contributed by atoms with van der Waals surface area (Å²) in [5, 5.41) is 18.1. The second-order valence-electron chi connectivity index (χ2n) is 8.12. The minimum Gasteiger partial charge on any atom is -0.481 e. The molecule has 0 spiro atoms. The minimum atomic E-state index is -0.820. The molecule has 0 saturated heterocycles. The molecule has 0 atom stereocenters. The molecule has 2 N–H and O–H groups in total. The highest BCUT2D eigenvalue weighted by Gasteiger charge is 2.25. The summed E-state index contributed by atoms with van der Waals surface area (Å²) in [6, 6.07) is 0. The van der Waals surface area contributed by atoms with E-state index < -0.39 is 17.4 Å². The smallest absolute Gasteiger partial charge is 0.328 e. The van der Waals surface area contributed by atoms with Gasteiger partial charge in [0.25, 0.3) is 0 Å². The average molecular weight is 369 g/mol. The molecular weight excluding hydrogens is 328 g/mol. The summed E-state index contributed by atoms with van der Waals surface area (Å²) >= 11 is 0. The van der Waals surface area contributed by atoms with Crippen molar-refractivity contribution in [1.82, 2.24) is 0 Å². The van der Waals surface area contributed by atoms with E-state index in [1.807, 2.05) is 0 Å². The van der Waals surface area contributed by atoms with Crippen LogP contribution in [0.5, 0.6) is 0 Å². The van der Waals surface area contributed by atoms with Crippen molar-refractivity contribution in [3.63, 3.8) is 0 Å². The number of carbonyl (C=O) groups is 2. The third-order valence-electron chi connectivity index (χ3n) is 5.06. The van der Waals surface area contributed by atoms with Crippen molar-refractivity contribution < 1.29 is 19.8 Å². The zero-order valence-corrected chi connectivity index (χ0v) is 17.2. The molecule has 0 aliphatic heterocycles. The molecule has 0 unspecified atom stereocenters. The number of unbranched alkanes of at least 4 members (excludes halogenated alkanes) is 9. The minimum absolute atomic E-state index is 0.607. The van der Waals surface area contributed by atoms with Crippen LogP contribution >= 0.6 is 0 Å². The van der Waals surface area contributed by atoms with E-state index in [1.54, 1.807) is 13.8 Å². The Morgan fingerprint density at radius 1 is 0.769 bits per heavy atom. The van der Waals surface area contributed by atoms with E-state index in [0.717, 1.165) is 63.4 Å². The van der Waals surface area contributed by atoms with Crippen LogP contribution in [0.2, 0.25) is 0 Å². The fourth-order valence-corrected chi connectivity index (χ4v) is 3.13. The van der Waals surface area contributed by atoms with Crippen LogP contribution in [0, 0.1) is 5.41 Å². The molecule has 0 heterocycles. The van der Waals surface area contributed by atoms with Crippen LogP contribution in [-0.2, 0) is 9.59 Å². The molecule has 26 heavy (non-hydrogen) atoms. The first-order valence-corrected chi connectivity index (χ1v) is 10.5. The SMILES string of the molecule is CCCCCC/C(=C/C(=O)O)CCCCCCCCCC(C)(C)C(=O)O. The Morgan fingerprint density at radius 3 is 1.69 bits per heavy atom. The van der Waals surface area contributed by atoms with Gasteiger partial charge in [0.15, 0.2) is 0 Å². The molecular formula is C22H40O4. The molecule has 0 rings (SSSR count). The maximum atomic E-state index is 11.0. The summed E-state index contributed by atoms with van der Waals surface area (Å²) < 4.78 is 0. The second-order valence-corrected chi connectivity index (χ2v) is 8.12. The molecule has 0 amide bonds. The van der Waals surface area contributed by atoms with Crippen molar-refractivity contribution >= 4 is 11.9 Å². The lowest BCUT2D eigenvalue weighted by atomic mass is 9.87. The van der Waals surface area contributed by atoms with Gasteiger partial charge in [0, 0.05) is 6.08 Å². The molecule has 4 heteroatoms. The van der Waals surface area contributed by atoms with Crippen LogP contribution in [0.3, 0.4) is 0 Å². The van der Waals surface area contributed by atoms with Crippen LogP contribution in [0.25, 0.3) is 0 Å². The highest BCUT2D eigenvalue weighted by molar-refractivity contribution is 5.80. The lowest BCUT2D eigenvalue weighted by Crippen LogP contribution is -2.23. The number of allylic oxidation sites excluding steroid dienone is 1. The van der Waals surface area contributed by atoms with Crippen molar-refractivity contribution in [3.05, 3.63) is 11.6 Å². The van der Waals surface area contributed by atoms with Gasteiger partial charge in [0.1, 0.15) is 0 Å². The van der Waals surface area contributed by atoms with Crippen molar-refractivity contribution in [2.24, 2.45) is 5.41 Å². The van der Waals surface area contributed by atoms with Gasteiger partial charge in [-0.2, -0.15) is 0 Å². The maximum absolute atomic E-state index is 11.0. The molecule has 0 radical (unpaired) electrons. The van der Waals surface area contributed by atoms with E-state index in [2.05, 4.69) is 6.92 Å². The molecule has 0 saturated carbocycles. The Hall–Kier alpha value is -1.32. The number of carboxylic acid groups (broad SMARTS) is 2. The Balaban J connectivity index is 3.75. The first-order chi connectivity index (χ1) is 12.3. The van der Waals surface area contributed by atoms with Gasteiger partial charge in [0.05, 0.1) is 5.41 Å². The van der Waals surface area contributed by atoms with Crippen LogP contribution < -0.4 is 0 Å². The predicted molar refractivity (Wildman–Crippen MR) is 107 cm³/mol. The average Bonchev–Trinajstić information content (AvgIpc) is 2.56. The van der Waals surface area contributed by atoms with Crippen LogP contribution in [0.4, 0.5) is 0 Å². The van der Waals surface area contributed by atoms with E-state index in [1.165, 1.54) is 38.2 Å². The normalized spacial score (nSPS) is 12.3. The van der Waals surface area contributed by atoms with Crippen molar-refractivity contribution in [3.8, 4) is 0 Å². The van der Waals surface area contributed by atoms with Gasteiger partial charge in [-0.25, -0.2) is 4.79 Å². The summed E-state index contributed by atoms with van der Waals surface area (Å²) in [6.45, 7) is 5.76. The van der Waals surface area contributed by atoms with Gasteiger partial charge in [-0.1, -0.05) is 70.3 Å². The summed E-state index contributed by atoms with van der Waals surface area (Å²) in [6.07, 6.45) is 16.5. The topological polar surface area (TPSA) is 74.6 Å². The molecule has 0 fully saturated rings. The van der Waals surface area contributed by atoms with E-state index in [9.17, 15) is 9.59 Å². The third-order valence-corrected chi connectivity index (χ3v) is 5.06. The van der Waals surface area contributed by atoms with E-state index >= 15 is 0 Å². The first-order valence-electron chi connectivity index (χ1n) is 10.5. The van der Waals surface area contributed by atoms with E-state index in [4.69, 9.17) is 10.2 Å². The lowest BCUT2D eigenvalue weighted by Gasteiger charge is -2.18. The Morgan fingerprint density at radius 2 is 1.23 bits per heavy atom. The number of hydrogen-bond acceptors (Lipinski definition) is 2. The summed E-state index contributed by atoms with van der Waals surface area (Å²) in [5.41, 5.74) is 0.480. The summed E-state index contributed by atoms with van der Waals surface area (Å²) in [4.78, 5) is 22.0. The zero-order chi connectivity index (χ0) is 19.8. The van der Waals surface area contributed by atoms with Gasteiger partial charge >= 0.3 is 11.9 Å². The van der Waals surface area contributed by atoms with Gasteiger partial charge in [-0.15, -0.1) is 0 Å². The molecule has 0 aliphatic carbocycles. The fourth-order valence-electron chi connectivity index (χ4n) is 3.13. The second kappa shape index (κ2) is 14.8. The van der Waals surface area contributed by atoms with Crippen molar-refractivity contribution in [2.75, 3.05) is 0 Å². The highest BCUT2D eigenvalue weighted by atomic mass is 16.4. The third kappa shape index (κ3) is 13.9. The standard InChI is InChI=1S/C22H40O4/c1-4-5-6-12-15-19(18-20(23)24)16-13-10-8-7-9-11-14-17-22(2,3)21(25)26/h18H,4-17H2,1-3H3,(H,23,24)(H,25,26)/b19-18-. The maximum Gasteiger partial charge on any atom is 0.328 e. The number of rotatable bonds is 17. The number of aliphatic carboxylic acids is 2. The molecule has 0 aromatic heterocycles. The molecule has 4 nitrogen and oxygen atoms in total. The predicted octanol–water partition coefficient (Wildman–Crippen LogP) is 6.59. The zero-order valence-electron chi connectivity index (χ0n) is 17.2. The largest absolute Gasteiger partial charge is 0.481 e. The first kappa shape index (κ1) is 24.7. The van der Waals surface area contributed by atoms with Crippen molar-refractivity contribution in [1.29, 1.82) is 0 Å². The Kier molecular flexibility index (Phi) is 14.1. The van der Waals surface area contributed by atoms with Gasteiger partial charge < -0.3 is 10.2 Å². The van der Waals surface area contributed by atoms with E-state index in [-0.39, 0.29) is 0 Å². The summed E-state index contributed by atoms with van der Waals surface area (Å²) in [7, 11) is 0. The van der Waals surface area contributed by atoms with Crippen molar-refractivity contribution in [2.45, 2.75) is 111 Å². The molecule has 152 valence electrons. The molecule has 0 aromatic rings. The van der Waals surface area contributed by atoms with Crippen LogP contribution in [0.1, 0.15) is 111 Å². The van der Waals surface area contributed by atoms with Gasteiger partial charge in [0.2, 0.25) is 0 Å². The quantitative estimate of drug-likeness (QED) is 0.224. The lowest BCUT2D eigenvalue weighted by molar-refractivity contribution is -0.147. The van der Waals surface area contributed by atoms with E-state index in [0.29, 0.717) is 0 Å². The molecule has 0 bridgehead atoms. The van der Waals surface area contributed by atoms with Gasteiger partial charge in [-0.05, 0) is 46.0 Å². The van der Waals surface area contributed by atoms with Crippen LogP contribution in [-0.4, -0.2) is 22.2 Å². The highest BCUT2D eigenvalue weighted by Crippen LogP contribution is 2.24.